The van der Waals surface area contributed by atoms with Crippen LogP contribution >= 0.6 is 11.6 Å². The van der Waals surface area contributed by atoms with Crippen LogP contribution in [0, 0.1) is 12.7 Å². The van der Waals surface area contributed by atoms with E-state index in [-0.39, 0.29) is 29.6 Å². The van der Waals surface area contributed by atoms with Gasteiger partial charge in [0.1, 0.15) is 5.82 Å². The number of hydrogen-bond acceptors (Lipinski definition) is 4. The van der Waals surface area contributed by atoms with Gasteiger partial charge in [-0.05, 0) is 36.8 Å². The van der Waals surface area contributed by atoms with Crippen molar-refractivity contribution in [2.45, 2.75) is 13.3 Å². The number of benzene rings is 2. The summed E-state index contributed by atoms with van der Waals surface area (Å²) >= 11 is 6.02. The first-order chi connectivity index (χ1) is 11.5. The predicted octanol–water partition coefficient (Wildman–Crippen LogP) is 4.02. The molecule has 24 heavy (non-hydrogen) atoms. The van der Waals surface area contributed by atoms with E-state index in [2.05, 4.69) is 15.5 Å². The topological polar surface area (TPSA) is 68.0 Å². The van der Waals surface area contributed by atoms with E-state index >= 15 is 0 Å². The van der Waals surface area contributed by atoms with Crippen molar-refractivity contribution in [2.75, 3.05) is 5.32 Å². The minimum absolute atomic E-state index is 0.0369. The number of hydrogen-bond donors (Lipinski definition) is 1. The number of carbonyl (C=O) groups excluding carboxylic acids is 1. The molecule has 0 aliphatic carbocycles. The summed E-state index contributed by atoms with van der Waals surface area (Å²) in [6.07, 6.45) is -0.0933. The molecule has 1 heterocycles. The lowest BCUT2D eigenvalue weighted by Gasteiger charge is -2.08. The normalized spacial score (nSPS) is 10.6. The van der Waals surface area contributed by atoms with E-state index in [0.29, 0.717) is 10.7 Å². The molecule has 1 amide bonds. The fourth-order valence-electron chi connectivity index (χ4n) is 2.15. The van der Waals surface area contributed by atoms with Crippen LogP contribution in [0.15, 0.2) is 47.0 Å². The molecule has 1 aromatic heterocycles. The smallest absolute Gasteiger partial charge is 0.260 e. The van der Waals surface area contributed by atoms with Crippen LogP contribution in [0.4, 0.5) is 10.1 Å². The molecule has 0 saturated heterocycles. The summed E-state index contributed by atoms with van der Waals surface area (Å²) < 4.78 is 18.7. The largest absolute Gasteiger partial charge is 0.334 e. The van der Waals surface area contributed by atoms with Crippen LogP contribution in [0.25, 0.3) is 11.5 Å². The number of nitrogens with zero attached hydrogens (tertiary/aromatic N) is 2. The van der Waals surface area contributed by atoms with Gasteiger partial charge in [0, 0.05) is 10.7 Å². The van der Waals surface area contributed by atoms with Crippen LogP contribution in [-0.4, -0.2) is 16.0 Å². The molecule has 0 radical (unpaired) electrons. The predicted molar refractivity (Wildman–Crippen MR) is 88.2 cm³/mol. The quantitative estimate of drug-likeness (QED) is 0.775. The molecule has 3 aromatic rings. The van der Waals surface area contributed by atoms with Gasteiger partial charge in [0.15, 0.2) is 5.82 Å². The Bertz CT molecular complexity index is 895. The minimum atomic E-state index is -0.466. The van der Waals surface area contributed by atoms with E-state index in [1.807, 2.05) is 6.92 Å². The van der Waals surface area contributed by atoms with Crippen molar-refractivity contribution in [2.24, 2.45) is 0 Å². The Kier molecular flexibility index (Phi) is 4.57. The van der Waals surface area contributed by atoms with E-state index in [1.54, 1.807) is 30.3 Å². The van der Waals surface area contributed by atoms with Gasteiger partial charge in [-0.15, -0.1) is 0 Å². The van der Waals surface area contributed by atoms with Crippen molar-refractivity contribution in [1.82, 2.24) is 10.1 Å². The van der Waals surface area contributed by atoms with Gasteiger partial charge in [-0.25, -0.2) is 4.39 Å². The second-order valence-corrected chi connectivity index (χ2v) is 5.54. The van der Waals surface area contributed by atoms with Gasteiger partial charge in [0.25, 0.3) is 5.89 Å². The lowest BCUT2D eigenvalue weighted by atomic mass is 10.2. The molecule has 0 bridgehead atoms. The van der Waals surface area contributed by atoms with E-state index < -0.39 is 5.82 Å². The van der Waals surface area contributed by atoms with Gasteiger partial charge >= 0.3 is 0 Å². The number of amides is 1. The van der Waals surface area contributed by atoms with E-state index in [4.69, 9.17) is 16.1 Å². The lowest BCUT2D eigenvalue weighted by Crippen LogP contribution is -2.16. The molecular weight excluding hydrogens is 333 g/mol. The SMILES string of the molecule is Cc1c(Cl)cccc1NC(=O)Cc1noc(-c2ccccc2F)n1. The Balaban J connectivity index is 1.72. The summed E-state index contributed by atoms with van der Waals surface area (Å²) in [6.45, 7) is 1.81. The number of rotatable bonds is 4. The van der Waals surface area contributed by atoms with Gasteiger partial charge in [-0.2, -0.15) is 4.98 Å². The van der Waals surface area contributed by atoms with Gasteiger partial charge in [0.2, 0.25) is 5.91 Å². The fraction of sp³-hybridized carbons (Fsp3) is 0.118. The molecule has 0 unspecified atom stereocenters. The summed E-state index contributed by atoms with van der Waals surface area (Å²) in [5.74, 6) is -0.576. The zero-order valence-electron chi connectivity index (χ0n) is 12.7. The molecule has 0 spiro atoms. The Morgan fingerprint density at radius 1 is 1.25 bits per heavy atom. The third kappa shape index (κ3) is 3.44. The zero-order chi connectivity index (χ0) is 17.1. The summed E-state index contributed by atoms with van der Waals surface area (Å²) in [5, 5.41) is 7.02. The maximum Gasteiger partial charge on any atom is 0.260 e. The molecule has 5 nitrogen and oxygen atoms in total. The second-order valence-electron chi connectivity index (χ2n) is 5.13. The van der Waals surface area contributed by atoms with Crippen LogP contribution in [-0.2, 0) is 11.2 Å². The highest BCUT2D eigenvalue weighted by atomic mass is 35.5. The summed E-state index contributed by atoms with van der Waals surface area (Å²) in [4.78, 5) is 16.2. The fourth-order valence-corrected chi connectivity index (χ4v) is 2.33. The van der Waals surface area contributed by atoms with E-state index in [9.17, 15) is 9.18 Å². The third-order valence-electron chi connectivity index (χ3n) is 3.43. The lowest BCUT2D eigenvalue weighted by molar-refractivity contribution is -0.115. The molecule has 0 aliphatic heterocycles. The van der Waals surface area contributed by atoms with Crippen LogP contribution in [0.5, 0.6) is 0 Å². The highest BCUT2D eigenvalue weighted by molar-refractivity contribution is 6.31. The maximum atomic E-state index is 13.7. The van der Waals surface area contributed by atoms with Gasteiger partial charge < -0.3 is 9.84 Å². The van der Waals surface area contributed by atoms with Crippen LogP contribution in [0.2, 0.25) is 5.02 Å². The van der Waals surface area contributed by atoms with Crippen molar-refractivity contribution in [3.8, 4) is 11.5 Å². The van der Waals surface area contributed by atoms with Crippen molar-refractivity contribution in [3.63, 3.8) is 0 Å². The number of aromatic nitrogens is 2. The standard InChI is InChI=1S/C17H13ClFN3O2/c1-10-12(18)6-4-8-14(10)20-16(23)9-15-21-17(24-22-15)11-5-2-3-7-13(11)19/h2-8H,9H2,1H3,(H,20,23). The molecule has 0 atom stereocenters. The third-order valence-corrected chi connectivity index (χ3v) is 3.84. The van der Waals surface area contributed by atoms with E-state index in [0.717, 1.165) is 5.56 Å². The first-order valence-corrected chi connectivity index (χ1v) is 7.55. The number of anilines is 1. The van der Waals surface area contributed by atoms with Crippen LogP contribution in [0.3, 0.4) is 0 Å². The van der Waals surface area contributed by atoms with Crippen molar-refractivity contribution in [3.05, 3.63) is 64.7 Å². The average molecular weight is 346 g/mol. The minimum Gasteiger partial charge on any atom is -0.334 e. The summed E-state index contributed by atoms with van der Waals surface area (Å²) in [7, 11) is 0. The monoisotopic (exact) mass is 345 g/mol. The Labute approximate surface area is 142 Å². The molecule has 0 fully saturated rings. The Morgan fingerprint density at radius 3 is 2.83 bits per heavy atom. The van der Waals surface area contributed by atoms with Gasteiger partial charge in [-0.1, -0.05) is 35.0 Å². The molecule has 122 valence electrons. The second kappa shape index (κ2) is 6.80. The van der Waals surface area contributed by atoms with Crippen LogP contribution in [0.1, 0.15) is 11.4 Å². The molecule has 0 aliphatic rings. The number of halogens is 2. The van der Waals surface area contributed by atoms with Crippen molar-refractivity contribution < 1.29 is 13.7 Å². The van der Waals surface area contributed by atoms with Crippen molar-refractivity contribution in [1.29, 1.82) is 0 Å². The van der Waals surface area contributed by atoms with Crippen LogP contribution < -0.4 is 5.32 Å². The first kappa shape index (κ1) is 16.1. The highest BCUT2D eigenvalue weighted by Gasteiger charge is 2.15. The molecule has 1 N–H and O–H groups in total. The number of nitrogens with one attached hydrogen (secondary N) is 1. The van der Waals surface area contributed by atoms with Gasteiger partial charge in [-0.3, -0.25) is 4.79 Å². The summed E-state index contributed by atoms with van der Waals surface area (Å²) in [5.41, 5.74) is 1.58. The van der Waals surface area contributed by atoms with Gasteiger partial charge in [0.05, 0.1) is 12.0 Å². The molecule has 3 rings (SSSR count). The molecule has 0 saturated carbocycles. The molecule has 2 aromatic carbocycles. The number of carbonyl (C=O) groups is 1. The first-order valence-electron chi connectivity index (χ1n) is 7.17. The average Bonchev–Trinajstić information content (AvgIpc) is 3.00. The molecule has 7 heteroatoms. The van der Waals surface area contributed by atoms with Crippen molar-refractivity contribution >= 4 is 23.2 Å². The molecular formula is C17H13ClFN3O2. The van der Waals surface area contributed by atoms with E-state index in [1.165, 1.54) is 12.1 Å². The maximum absolute atomic E-state index is 13.7. The Morgan fingerprint density at radius 2 is 2.04 bits per heavy atom. The summed E-state index contributed by atoms with van der Waals surface area (Å²) in [6, 6.07) is 11.3. The zero-order valence-corrected chi connectivity index (χ0v) is 13.5. The Hall–Kier alpha value is -2.73. The highest BCUT2D eigenvalue weighted by Crippen LogP contribution is 2.23.